The number of hydrogen-bond donors (Lipinski definition) is 1. The number of carbonyl (C=O) groups is 2. The maximum atomic E-state index is 13.0. The monoisotopic (exact) mass is 485 g/mol. The molecule has 9 nitrogen and oxygen atoms in total. The Bertz CT molecular complexity index is 1180. The van der Waals surface area contributed by atoms with Crippen molar-refractivity contribution in [2.75, 3.05) is 0 Å². The van der Waals surface area contributed by atoms with Gasteiger partial charge in [0.1, 0.15) is 34.4 Å². The van der Waals surface area contributed by atoms with E-state index in [1.54, 1.807) is 37.5 Å². The summed E-state index contributed by atoms with van der Waals surface area (Å²) in [4.78, 5) is 41.0. The normalized spacial score (nSPS) is 29.1. The van der Waals surface area contributed by atoms with Crippen molar-refractivity contribution in [2.24, 2.45) is 11.8 Å². The standard InChI is InChI=1S/C26H31NO8/c1-6-25(4,34-15(3)29)17-10-18-23(30)22-20(35-26(18,5)21(11-17)32-14(2)28)12-19(33-24(22)31)16-8-7-9-27-13-16/h7-9,12-13,17-18,21,23,30H,6,10-11H2,1-5H3/t17-,18+,21-,23+,25?,26-/m0/s1. The lowest BCUT2D eigenvalue weighted by Gasteiger charge is -2.54. The molecule has 2 aliphatic rings. The second kappa shape index (κ2) is 9.11. The van der Waals surface area contributed by atoms with Crippen LogP contribution < -0.4 is 10.4 Å². The third-order valence-electron chi connectivity index (χ3n) is 7.57. The summed E-state index contributed by atoms with van der Waals surface area (Å²) >= 11 is 0. The highest BCUT2D eigenvalue weighted by Crippen LogP contribution is 2.54. The minimum absolute atomic E-state index is 0.0213. The number of fused-ring (bicyclic) bond motifs is 2. The molecule has 2 aromatic rings. The van der Waals surface area contributed by atoms with Gasteiger partial charge in [-0.15, -0.1) is 0 Å². The molecule has 1 saturated carbocycles. The van der Waals surface area contributed by atoms with E-state index >= 15 is 0 Å². The molecule has 1 N–H and O–H groups in total. The number of carbonyl (C=O) groups excluding carboxylic acids is 2. The molecule has 9 heteroatoms. The Morgan fingerprint density at radius 3 is 2.63 bits per heavy atom. The molecule has 0 saturated heterocycles. The molecule has 0 bridgehead atoms. The molecular formula is C26H31NO8. The number of esters is 2. The van der Waals surface area contributed by atoms with Crippen LogP contribution in [-0.4, -0.2) is 39.3 Å². The molecular weight excluding hydrogens is 454 g/mol. The van der Waals surface area contributed by atoms with Gasteiger partial charge in [-0.3, -0.25) is 14.6 Å². The molecule has 6 atom stereocenters. The Balaban J connectivity index is 1.79. The number of aromatic nitrogens is 1. The Hall–Kier alpha value is -3.20. The van der Waals surface area contributed by atoms with Crippen LogP contribution >= 0.6 is 0 Å². The summed E-state index contributed by atoms with van der Waals surface area (Å²) in [6, 6.07) is 5.02. The van der Waals surface area contributed by atoms with Crippen LogP contribution in [0.5, 0.6) is 5.75 Å². The van der Waals surface area contributed by atoms with E-state index in [1.165, 1.54) is 13.8 Å². The van der Waals surface area contributed by atoms with Crippen molar-refractivity contribution in [1.82, 2.24) is 4.98 Å². The molecule has 188 valence electrons. The van der Waals surface area contributed by atoms with E-state index in [4.69, 9.17) is 18.6 Å². The first kappa shape index (κ1) is 24.9. The van der Waals surface area contributed by atoms with E-state index in [2.05, 4.69) is 4.98 Å². The van der Waals surface area contributed by atoms with Crippen molar-refractivity contribution < 1.29 is 33.3 Å². The molecule has 1 aliphatic heterocycles. The highest BCUT2D eigenvalue weighted by Gasteiger charge is 2.60. The third-order valence-corrected chi connectivity index (χ3v) is 7.57. The van der Waals surface area contributed by atoms with Crippen LogP contribution in [0, 0.1) is 11.8 Å². The zero-order valence-corrected chi connectivity index (χ0v) is 20.6. The second-order valence-electron chi connectivity index (χ2n) is 9.78. The van der Waals surface area contributed by atoms with Crippen LogP contribution in [0.1, 0.15) is 65.5 Å². The average Bonchev–Trinajstić information content (AvgIpc) is 2.79. The topological polar surface area (TPSA) is 125 Å². The minimum atomic E-state index is -1.23. The van der Waals surface area contributed by atoms with Crippen LogP contribution in [0.2, 0.25) is 0 Å². The van der Waals surface area contributed by atoms with Crippen molar-refractivity contribution in [1.29, 1.82) is 0 Å². The van der Waals surface area contributed by atoms with Gasteiger partial charge in [-0.1, -0.05) is 6.92 Å². The van der Waals surface area contributed by atoms with Gasteiger partial charge in [-0.25, -0.2) is 4.79 Å². The SMILES string of the molecule is CCC(C)(OC(C)=O)[C@@H]1C[C@H](OC(C)=O)[C@@]2(C)Oc3cc(-c4cccnc4)oc(=O)c3[C@H](O)[C@H]2C1. The van der Waals surface area contributed by atoms with Crippen molar-refractivity contribution >= 4 is 11.9 Å². The summed E-state index contributed by atoms with van der Waals surface area (Å²) in [7, 11) is 0. The highest BCUT2D eigenvalue weighted by atomic mass is 16.6. The number of ether oxygens (including phenoxy) is 3. The van der Waals surface area contributed by atoms with Crippen LogP contribution in [0.25, 0.3) is 11.3 Å². The first-order valence-electron chi connectivity index (χ1n) is 11.8. The Labute approximate surface area is 203 Å². The van der Waals surface area contributed by atoms with Crippen LogP contribution in [-0.2, 0) is 19.1 Å². The van der Waals surface area contributed by atoms with Gasteiger partial charge in [-0.05, 0) is 45.2 Å². The highest BCUT2D eigenvalue weighted by molar-refractivity contribution is 5.67. The van der Waals surface area contributed by atoms with E-state index in [0.717, 1.165) is 0 Å². The minimum Gasteiger partial charge on any atom is -0.482 e. The fourth-order valence-corrected chi connectivity index (χ4v) is 5.51. The van der Waals surface area contributed by atoms with E-state index in [-0.39, 0.29) is 23.0 Å². The third kappa shape index (κ3) is 4.45. The number of aliphatic hydroxyl groups is 1. The summed E-state index contributed by atoms with van der Waals surface area (Å²) in [5.41, 5.74) is -2.08. The quantitative estimate of drug-likeness (QED) is 0.633. The van der Waals surface area contributed by atoms with Gasteiger partial charge in [-0.2, -0.15) is 0 Å². The molecule has 1 aliphatic carbocycles. The van der Waals surface area contributed by atoms with Crippen molar-refractivity contribution in [3.8, 4) is 17.1 Å². The van der Waals surface area contributed by atoms with Crippen LogP contribution in [0.15, 0.2) is 39.8 Å². The van der Waals surface area contributed by atoms with Gasteiger partial charge >= 0.3 is 17.6 Å². The molecule has 0 spiro atoms. The molecule has 35 heavy (non-hydrogen) atoms. The molecule has 0 amide bonds. The number of aliphatic hydroxyl groups excluding tert-OH is 1. The summed E-state index contributed by atoms with van der Waals surface area (Å²) in [5, 5.41) is 11.5. The molecule has 0 aromatic carbocycles. The smallest absolute Gasteiger partial charge is 0.345 e. The van der Waals surface area contributed by atoms with Crippen LogP contribution in [0.3, 0.4) is 0 Å². The van der Waals surface area contributed by atoms with Crippen molar-refractivity contribution in [3.63, 3.8) is 0 Å². The molecule has 1 fully saturated rings. The van der Waals surface area contributed by atoms with Gasteiger partial charge in [0.2, 0.25) is 0 Å². The lowest BCUT2D eigenvalue weighted by molar-refractivity contribution is -0.209. The molecule has 0 radical (unpaired) electrons. The van der Waals surface area contributed by atoms with Gasteiger partial charge in [0.05, 0.1) is 6.10 Å². The summed E-state index contributed by atoms with van der Waals surface area (Å²) in [6.45, 7) is 8.20. The van der Waals surface area contributed by atoms with E-state index in [9.17, 15) is 19.5 Å². The van der Waals surface area contributed by atoms with Gasteiger partial charge in [0, 0.05) is 49.7 Å². The number of rotatable bonds is 5. The Kier molecular flexibility index (Phi) is 6.48. The zero-order valence-electron chi connectivity index (χ0n) is 20.6. The Morgan fingerprint density at radius 1 is 1.29 bits per heavy atom. The van der Waals surface area contributed by atoms with Gasteiger partial charge < -0.3 is 23.7 Å². The molecule has 4 rings (SSSR count). The predicted octanol–water partition coefficient (Wildman–Crippen LogP) is 3.58. The molecule has 2 aromatic heterocycles. The number of hydrogen-bond acceptors (Lipinski definition) is 9. The lowest BCUT2D eigenvalue weighted by Crippen LogP contribution is -2.62. The van der Waals surface area contributed by atoms with E-state index < -0.39 is 46.9 Å². The van der Waals surface area contributed by atoms with Gasteiger partial charge in [0.25, 0.3) is 0 Å². The van der Waals surface area contributed by atoms with Crippen LogP contribution in [0.4, 0.5) is 0 Å². The first-order valence-corrected chi connectivity index (χ1v) is 11.8. The van der Waals surface area contributed by atoms with E-state index in [0.29, 0.717) is 24.8 Å². The van der Waals surface area contributed by atoms with Crippen molar-refractivity contribution in [2.45, 2.75) is 77.3 Å². The molecule has 1 unspecified atom stereocenters. The van der Waals surface area contributed by atoms with Crippen molar-refractivity contribution in [3.05, 3.63) is 46.6 Å². The molecule has 3 heterocycles. The largest absolute Gasteiger partial charge is 0.482 e. The second-order valence-corrected chi connectivity index (χ2v) is 9.78. The predicted molar refractivity (Wildman–Crippen MR) is 124 cm³/mol. The number of pyridine rings is 1. The maximum Gasteiger partial charge on any atom is 0.345 e. The average molecular weight is 486 g/mol. The van der Waals surface area contributed by atoms with Gasteiger partial charge in [0.15, 0.2) is 0 Å². The summed E-state index contributed by atoms with van der Waals surface area (Å²) in [5.74, 6) is -1.34. The zero-order chi connectivity index (χ0) is 25.5. The first-order chi connectivity index (χ1) is 16.5. The Morgan fingerprint density at radius 2 is 2.03 bits per heavy atom. The maximum absolute atomic E-state index is 13.0. The lowest BCUT2D eigenvalue weighted by atomic mass is 9.61. The summed E-state index contributed by atoms with van der Waals surface area (Å²) in [6.07, 6.45) is 2.46. The number of nitrogens with zero attached hydrogens (tertiary/aromatic N) is 1. The van der Waals surface area contributed by atoms with E-state index in [1.807, 2.05) is 13.8 Å². The fourth-order valence-electron chi connectivity index (χ4n) is 5.51. The summed E-state index contributed by atoms with van der Waals surface area (Å²) < 4.78 is 23.3. The fraction of sp³-hybridized carbons (Fsp3) is 0.538.